The van der Waals surface area contributed by atoms with Crippen LogP contribution in [0.2, 0.25) is 0 Å². The number of likely N-dealkylation sites (tertiary alicyclic amines) is 1. The van der Waals surface area contributed by atoms with Gasteiger partial charge in [-0.1, -0.05) is 12.5 Å². The van der Waals surface area contributed by atoms with Crippen LogP contribution in [0.3, 0.4) is 0 Å². The highest BCUT2D eigenvalue weighted by molar-refractivity contribution is 5.79. The number of rotatable bonds is 2. The lowest BCUT2D eigenvalue weighted by molar-refractivity contribution is -0.134. The molecule has 0 radical (unpaired) electrons. The topological polar surface area (TPSA) is 40.5 Å². The SMILES string of the molecule is O=C(Cc1ccc(O)c(F)c1)N1CC2CCCC(C2)C1. The summed E-state index contributed by atoms with van der Waals surface area (Å²) in [6, 6.07) is 4.17. The number of benzene rings is 1. The molecule has 108 valence electrons. The summed E-state index contributed by atoms with van der Waals surface area (Å²) in [5.74, 6) is 0.359. The van der Waals surface area contributed by atoms with Crippen LogP contribution >= 0.6 is 0 Å². The van der Waals surface area contributed by atoms with Crippen molar-refractivity contribution in [2.75, 3.05) is 13.1 Å². The van der Waals surface area contributed by atoms with Crippen molar-refractivity contribution in [2.24, 2.45) is 11.8 Å². The molecule has 1 amide bonds. The molecule has 2 bridgehead atoms. The van der Waals surface area contributed by atoms with Crippen LogP contribution in [0.4, 0.5) is 4.39 Å². The zero-order valence-electron chi connectivity index (χ0n) is 11.5. The standard InChI is InChI=1S/C16H20FNO2/c17-14-7-11(4-5-15(14)19)8-16(20)18-9-12-2-1-3-13(6-12)10-18/h4-5,7,12-13,19H,1-3,6,8-10H2. The third-order valence-corrected chi connectivity index (χ3v) is 4.57. The number of carbonyl (C=O) groups is 1. The number of halogens is 1. The highest BCUT2D eigenvalue weighted by Gasteiger charge is 2.32. The normalized spacial score (nSPS) is 25.6. The number of carbonyl (C=O) groups excluding carboxylic acids is 1. The molecular weight excluding hydrogens is 257 g/mol. The fourth-order valence-corrected chi connectivity index (χ4v) is 3.58. The van der Waals surface area contributed by atoms with Crippen LogP contribution in [0.15, 0.2) is 18.2 Å². The quantitative estimate of drug-likeness (QED) is 0.903. The molecule has 0 spiro atoms. The second-order valence-electron chi connectivity index (χ2n) is 6.16. The van der Waals surface area contributed by atoms with E-state index >= 15 is 0 Å². The summed E-state index contributed by atoms with van der Waals surface area (Å²) >= 11 is 0. The Hall–Kier alpha value is -1.58. The Morgan fingerprint density at radius 1 is 1.30 bits per heavy atom. The minimum atomic E-state index is -0.661. The van der Waals surface area contributed by atoms with Gasteiger partial charge >= 0.3 is 0 Å². The Labute approximate surface area is 118 Å². The van der Waals surface area contributed by atoms with Gasteiger partial charge < -0.3 is 10.0 Å². The lowest BCUT2D eigenvalue weighted by atomic mass is 9.78. The summed E-state index contributed by atoms with van der Waals surface area (Å²) < 4.78 is 13.3. The number of phenols is 1. The number of nitrogens with zero attached hydrogens (tertiary/aromatic N) is 1. The number of hydrogen-bond acceptors (Lipinski definition) is 2. The average molecular weight is 277 g/mol. The molecule has 3 rings (SSSR count). The average Bonchev–Trinajstić information content (AvgIpc) is 2.42. The molecule has 1 saturated heterocycles. The van der Waals surface area contributed by atoms with Crippen LogP contribution in [0.5, 0.6) is 5.75 Å². The maximum atomic E-state index is 13.3. The zero-order chi connectivity index (χ0) is 14.1. The van der Waals surface area contributed by atoms with Crippen molar-refractivity contribution in [3.63, 3.8) is 0 Å². The van der Waals surface area contributed by atoms with Crippen molar-refractivity contribution >= 4 is 5.91 Å². The van der Waals surface area contributed by atoms with Gasteiger partial charge in [0.1, 0.15) is 0 Å². The van der Waals surface area contributed by atoms with Gasteiger partial charge in [0, 0.05) is 13.1 Å². The van der Waals surface area contributed by atoms with Crippen LogP contribution in [0.1, 0.15) is 31.2 Å². The van der Waals surface area contributed by atoms with Gasteiger partial charge in [-0.2, -0.15) is 0 Å². The van der Waals surface area contributed by atoms with E-state index in [4.69, 9.17) is 5.11 Å². The van der Waals surface area contributed by atoms with Gasteiger partial charge in [-0.15, -0.1) is 0 Å². The first-order valence-corrected chi connectivity index (χ1v) is 7.37. The highest BCUT2D eigenvalue weighted by atomic mass is 19.1. The third kappa shape index (κ3) is 2.79. The van der Waals surface area contributed by atoms with Gasteiger partial charge in [0.05, 0.1) is 6.42 Å². The van der Waals surface area contributed by atoms with Crippen molar-refractivity contribution in [1.29, 1.82) is 0 Å². The largest absolute Gasteiger partial charge is 0.505 e. The summed E-state index contributed by atoms with van der Waals surface area (Å²) in [5, 5.41) is 9.17. The summed E-state index contributed by atoms with van der Waals surface area (Å²) in [6.07, 6.45) is 5.23. The summed E-state index contributed by atoms with van der Waals surface area (Å²) in [6.45, 7) is 1.71. The van der Waals surface area contributed by atoms with Crippen LogP contribution in [-0.2, 0) is 11.2 Å². The van der Waals surface area contributed by atoms with Crippen molar-refractivity contribution in [1.82, 2.24) is 4.90 Å². The first-order chi connectivity index (χ1) is 9.61. The number of aromatic hydroxyl groups is 1. The van der Waals surface area contributed by atoms with Crippen molar-refractivity contribution in [3.05, 3.63) is 29.6 Å². The number of phenolic OH excluding ortho intramolecular Hbond substituents is 1. The lowest BCUT2D eigenvalue weighted by Crippen LogP contribution is -2.46. The molecule has 1 aromatic carbocycles. The Bertz CT molecular complexity index is 505. The van der Waals surface area contributed by atoms with E-state index in [1.54, 1.807) is 6.07 Å². The molecule has 1 aliphatic carbocycles. The molecule has 1 aliphatic heterocycles. The lowest BCUT2D eigenvalue weighted by Gasteiger charge is -2.41. The van der Waals surface area contributed by atoms with Crippen LogP contribution in [0.25, 0.3) is 0 Å². The van der Waals surface area contributed by atoms with Gasteiger partial charge in [0.15, 0.2) is 11.6 Å². The molecule has 4 heteroatoms. The molecule has 20 heavy (non-hydrogen) atoms. The predicted octanol–water partition coefficient (Wildman–Crippen LogP) is 2.72. The number of fused-ring (bicyclic) bond motifs is 2. The molecule has 2 atom stereocenters. The van der Waals surface area contributed by atoms with Crippen LogP contribution in [-0.4, -0.2) is 29.0 Å². The van der Waals surface area contributed by atoms with E-state index in [2.05, 4.69) is 0 Å². The van der Waals surface area contributed by atoms with E-state index in [1.807, 2.05) is 4.90 Å². The molecule has 1 saturated carbocycles. The number of piperidine rings is 1. The Kier molecular flexibility index (Phi) is 3.64. The minimum Gasteiger partial charge on any atom is -0.505 e. The maximum Gasteiger partial charge on any atom is 0.227 e. The van der Waals surface area contributed by atoms with E-state index in [0.29, 0.717) is 17.4 Å². The first-order valence-electron chi connectivity index (χ1n) is 7.37. The number of hydrogen-bond donors (Lipinski definition) is 1. The van der Waals surface area contributed by atoms with Gasteiger partial charge in [-0.25, -0.2) is 4.39 Å². The molecule has 2 aliphatic rings. The Morgan fingerprint density at radius 2 is 2.00 bits per heavy atom. The smallest absolute Gasteiger partial charge is 0.227 e. The Balaban J connectivity index is 1.65. The third-order valence-electron chi connectivity index (χ3n) is 4.57. The summed E-state index contributed by atoms with van der Waals surface area (Å²) in [4.78, 5) is 14.3. The molecule has 2 unspecified atom stereocenters. The molecule has 2 fully saturated rings. The van der Waals surface area contributed by atoms with E-state index in [0.717, 1.165) is 13.1 Å². The van der Waals surface area contributed by atoms with E-state index < -0.39 is 5.82 Å². The predicted molar refractivity (Wildman–Crippen MR) is 73.8 cm³/mol. The monoisotopic (exact) mass is 277 g/mol. The summed E-state index contributed by atoms with van der Waals surface area (Å²) in [7, 11) is 0. The fraction of sp³-hybridized carbons (Fsp3) is 0.562. The highest BCUT2D eigenvalue weighted by Crippen LogP contribution is 2.34. The molecular formula is C16H20FNO2. The Morgan fingerprint density at radius 3 is 2.65 bits per heavy atom. The van der Waals surface area contributed by atoms with Crippen LogP contribution < -0.4 is 0 Å². The molecule has 1 aromatic rings. The molecule has 0 aromatic heterocycles. The molecule has 1 N–H and O–H groups in total. The number of amides is 1. The fourth-order valence-electron chi connectivity index (χ4n) is 3.58. The molecule has 1 heterocycles. The molecule has 3 nitrogen and oxygen atoms in total. The maximum absolute atomic E-state index is 13.3. The summed E-state index contributed by atoms with van der Waals surface area (Å²) in [5.41, 5.74) is 0.626. The zero-order valence-corrected chi connectivity index (χ0v) is 11.5. The van der Waals surface area contributed by atoms with Crippen molar-refractivity contribution < 1.29 is 14.3 Å². The van der Waals surface area contributed by atoms with E-state index in [9.17, 15) is 9.18 Å². The van der Waals surface area contributed by atoms with E-state index in [1.165, 1.54) is 37.8 Å². The van der Waals surface area contributed by atoms with Gasteiger partial charge in [0.25, 0.3) is 0 Å². The van der Waals surface area contributed by atoms with Crippen molar-refractivity contribution in [2.45, 2.75) is 32.1 Å². The van der Waals surface area contributed by atoms with Crippen molar-refractivity contribution in [3.8, 4) is 5.75 Å². The second-order valence-corrected chi connectivity index (χ2v) is 6.16. The van der Waals surface area contributed by atoms with Gasteiger partial charge in [-0.05, 0) is 48.8 Å². The van der Waals surface area contributed by atoms with Gasteiger partial charge in [-0.3, -0.25) is 4.79 Å². The first kappa shape index (κ1) is 13.4. The minimum absolute atomic E-state index is 0.0756. The van der Waals surface area contributed by atoms with Crippen LogP contribution in [0, 0.1) is 17.7 Å². The second kappa shape index (κ2) is 5.43. The van der Waals surface area contributed by atoms with E-state index in [-0.39, 0.29) is 18.1 Å². The van der Waals surface area contributed by atoms with Gasteiger partial charge in [0.2, 0.25) is 5.91 Å².